The van der Waals surface area contributed by atoms with E-state index in [1.807, 2.05) is 13.0 Å². The Morgan fingerprint density at radius 3 is 2.67 bits per heavy atom. The summed E-state index contributed by atoms with van der Waals surface area (Å²) in [7, 11) is 0. The van der Waals surface area contributed by atoms with E-state index in [-0.39, 0.29) is 6.02 Å². The molecule has 15 heavy (non-hydrogen) atoms. The molecule has 0 saturated carbocycles. The number of aliphatic imine (C=N–C) groups is 1. The predicted octanol–water partition coefficient (Wildman–Crippen LogP) is 2.55. The van der Waals surface area contributed by atoms with Crippen LogP contribution in [0.4, 0.5) is 0 Å². The van der Waals surface area contributed by atoms with Crippen LogP contribution in [0.25, 0.3) is 0 Å². The van der Waals surface area contributed by atoms with Gasteiger partial charge in [0.15, 0.2) is 0 Å². The van der Waals surface area contributed by atoms with Crippen molar-refractivity contribution in [3.8, 4) is 0 Å². The van der Waals surface area contributed by atoms with E-state index in [1.165, 1.54) is 0 Å². The minimum absolute atomic E-state index is 0.212. The van der Waals surface area contributed by atoms with Crippen LogP contribution in [0.3, 0.4) is 0 Å². The fraction of sp³-hybridized carbons (Fsp3) is 0.300. The average molecular weight is 245 g/mol. The van der Waals surface area contributed by atoms with Crippen molar-refractivity contribution >= 4 is 29.2 Å². The highest BCUT2D eigenvalue weighted by molar-refractivity contribution is 6.42. The molecule has 1 aromatic rings. The minimum Gasteiger partial charge on any atom is -0.462 e. The molecule has 1 heterocycles. The molecule has 2 N–H and O–H groups in total. The lowest BCUT2D eigenvalue weighted by atomic mass is 9.94. The van der Waals surface area contributed by atoms with Gasteiger partial charge >= 0.3 is 0 Å². The first-order valence-electron chi connectivity index (χ1n) is 4.45. The van der Waals surface area contributed by atoms with E-state index in [2.05, 4.69) is 4.99 Å². The summed E-state index contributed by atoms with van der Waals surface area (Å²) in [5.74, 6) is 0. The maximum absolute atomic E-state index is 5.94. The van der Waals surface area contributed by atoms with Crippen molar-refractivity contribution in [3.63, 3.8) is 0 Å². The molecule has 5 heteroatoms. The molecular weight excluding hydrogens is 235 g/mol. The van der Waals surface area contributed by atoms with Gasteiger partial charge in [-0.2, -0.15) is 0 Å². The summed E-state index contributed by atoms with van der Waals surface area (Å²) in [6, 6.07) is 5.62. The summed E-state index contributed by atoms with van der Waals surface area (Å²) < 4.78 is 5.14. The van der Waals surface area contributed by atoms with Crippen molar-refractivity contribution in [2.24, 2.45) is 10.7 Å². The van der Waals surface area contributed by atoms with Crippen LogP contribution in [0.1, 0.15) is 12.5 Å². The van der Waals surface area contributed by atoms with Gasteiger partial charge in [0.05, 0.1) is 10.0 Å². The largest absolute Gasteiger partial charge is 0.462 e. The smallest absolute Gasteiger partial charge is 0.283 e. The molecule has 0 spiro atoms. The Balaban J connectivity index is 2.42. The van der Waals surface area contributed by atoms with Crippen LogP contribution in [-0.2, 0) is 10.3 Å². The molecule has 0 aromatic heterocycles. The summed E-state index contributed by atoms with van der Waals surface area (Å²) in [5.41, 5.74) is 5.97. The van der Waals surface area contributed by atoms with Gasteiger partial charge in [0.1, 0.15) is 12.1 Å². The molecule has 0 amide bonds. The zero-order valence-electron chi connectivity index (χ0n) is 8.13. The lowest BCUT2D eigenvalue weighted by molar-refractivity contribution is 0.266. The van der Waals surface area contributed by atoms with Crippen molar-refractivity contribution < 1.29 is 4.74 Å². The van der Waals surface area contributed by atoms with E-state index < -0.39 is 5.54 Å². The fourth-order valence-electron chi connectivity index (χ4n) is 1.50. The lowest BCUT2D eigenvalue weighted by Gasteiger charge is -2.18. The van der Waals surface area contributed by atoms with Crippen LogP contribution in [0.5, 0.6) is 0 Å². The highest BCUT2D eigenvalue weighted by atomic mass is 35.5. The molecule has 2 rings (SSSR count). The molecule has 1 aromatic carbocycles. The summed E-state index contributed by atoms with van der Waals surface area (Å²) in [5, 5.41) is 1.04. The normalized spacial score (nSPS) is 24.9. The quantitative estimate of drug-likeness (QED) is 0.826. The third kappa shape index (κ3) is 1.90. The van der Waals surface area contributed by atoms with Crippen LogP contribution in [0.2, 0.25) is 10.0 Å². The number of ether oxygens (including phenoxy) is 1. The van der Waals surface area contributed by atoms with Crippen molar-refractivity contribution in [3.05, 3.63) is 33.8 Å². The van der Waals surface area contributed by atoms with Crippen molar-refractivity contribution in [1.29, 1.82) is 0 Å². The number of benzene rings is 1. The molecule has 1 unspecified atom stereocenters. The van der Waals surface area contributed by atoms with E-state index in [4.69, 9.17) is 33.7 Å². The van der Waals surface area contributed by atoms with Crippen LogP contribution in [0, 0.1) is 0 Å². The summed E-state index contributed by atoms with van der Waals surface area (Å²) in [6.07, 6.45) is 0. The Labute approximate surface area is 97.8 Å². The Hall–Kier alpha value is -0.930. The number of rotatable bonds is 1. The molecule has 1 atom stereocenters. The van der Waals surface area contributed by atoms with E-state index in [9.17, 15) is 0 Å². The third-order valence-electron chi connectivity index (χ3n) is 2.40. The van der Waals surface area contributed by atoms with E-state index in [0.29, 0.717) is 16.7 Å². The maximum Gasteiger partial charge on any atom is 0.283 e. The van der Waals surface area contributed by atoms with Gasteiger partial charge in [-0.3, -0.25) is 0 Å². The second kappa shape index (κ2) is 3.58. The highest BCUT2D eigenvalue weighted by Gasteiger charge is 2.33. The van der Waals surface area contributed by atoms with E-state index in [0.717, 1.165) is 5.56 Å². The molecule has 0 radical (unpaired) electrons. The highest BCUT2D eigenvalue weighted by Crippen LogP contribution is 2.33. The number of nitrogens with zero attached hydrogens (tertiary/aromatic N) is 1. The first-order valence-corrected chi connectivity index (χ1v) is 5.20. The first kappa shape index (κ1) is 10.6. The van der Waals surface area contributed by atoms with Crippen molar-refractivity contribution in [1.82, 2.24) is 0 Å². The standard InChI is InChI=1S/C10H10Cl2N2O/c1-10(5-15-9(13)14-10)6-2-3-7(11)8(12)4-6/h2-4H,5H2,1H3,(H2,13,14). The Bertz CT molecular complexity index is 433. The van der Waals surface area contributed by atoms with E-state index >= 15 is 0 Å². The molecule has 1 aliphatic rings. The molecule has 80 valence electrons. The van der Waals surface area contributed by atoms with Gasteiger partial charge in [0, 0.05) is 0 Å². The Kier molecular flexibility index (Phi) is 2.52. The topological polar surface area (TPSA) is 47.6 Å². The number of halogens is 2. The van der Waals surface area contributed by atoms with Gasteiger partial charge < -0.3 is 10.5 Å². The van der Waals surface area contributed by atoms with Crippen molar-refractivity contribution in [2.45, 2.75) is 12.5 Å². The number of hydrogen-bond acceptors (Lipinski definition) is 3. The van der Waals surface area contributed by atoms with Gasteiger partial charge in [-0.15, -0.1) is 0 Å². The van der Waals surface area contributed by atoms with Gasteiger partial charge in [-0.05, 0) is 24.6 Å². The second-order valence-corrected chi connectivity index (χ2v) is 4.46. The fourth-order valence-corrected chi connectivity index (χ4v) is 1.80. The van der Waals surface area contributed by atoms with Crippen LogP contribution >= 0.6 is 23.2 Å². The van der Waals surface area contributed by atoms with Gasteiger partial charge in [-0.1, -0.05) is 29.3 Å². The first-order chi connectivity index (χ1) is 7.01. The minimum atomic E-state index is -0.460. The van der Waals surface area contributed by atoms with Crippen LogP contribution in [-0.4, -0.2) is 12.6 Å². The maximum atomic E-state index is 5.94. The lowest BCUT2D eigenvalue weighted by Crippen LogP contribution is -2.20. The van der Waals surface area contributed by atoms with Gasteiger partial charge in [-0.25, -0.2) is 4.99 Å². The second-order valence-electron chi connectivity index (χ2n) is 3.64. The molecule has 0 bridgehead atoms. The zero-order chi connectivity index (χ0) is 11.1. The monoisotopic (exact) mass is 244 g/mol. The number of hydrogen-bond donors (Lipinski definition) is 1. The molecule has 0 fully saturated rings. The third-order valence-corrected chi connectivity index (χ3v) is 3.14. The molecule has 0 saturated heterocycles. The van der Waals surface area contributed by atoms with Gasteiger partial charge in [0.25, 0.3) is 6.02 Å². The van der Waals surface area contributed by atoms with Crippen LogP contribution < -0.4 is 5.73 Å². The van der Waals surface area contributed by atoms with Crippen molar-refractivity contribution in [2.75, 3.05) is 6.61 Å². The molecule has 1 aliphatic heterocycles. The summed E-state index contributed by atoms with van der Waals surface area (Å²) >= 11 is 11.8. The summed E-state index contributed by atoms with van der Waals surface area (Å²) in [4.78, 5) is 4.23. The molecule has 3 nitrogen and oxygen atoms in total. The molecule has 0 aliphatic carbocycles. The van der Waals surface area contributed by atoms with Gasteiger partial charge in [0.2, 0.25) is 0 Å². The SMILES string of the molecule is CC1(c2ccc(Cl)c(Cl)c2)COC(N)=N1. The Morgan fingerprint density at radius 2 is 2.13 bits per heavy atom. The average Bonchev–Trinajstić information content (AvgIpc) is 2.52. The number of nitrogens with two attached hydrogens (primary N) is 1. The van der Waals surface area contributed by atoms with E-state index in [1.54, 1.807) is 12.1 Å². The summed E-state index contributed by atoms with van der Waals surface area (Å²) in [6.45, 7) is 2.36. The van der Waals surface area contributed by atoms with Crippen LogP contribution in [0.15, 0.2) is 23.2 Å². The number of amidine groups is 1. The predicted molar refractivity (Wildman–Crippen MR) is 61.4 cm³/mol. The Morgan fingerprint density at radius 1 is 1.40 bits per heavy atom. The zero-order valence-corrected chi connectivity index (χ0v) is 9.64. The molecular formula is C10H10Cl2N2O.